The smallest absolute Gasteiger partial charge is 0.345 e. The summed E-state index contributed by atoms with van der Waals surface area (Å²) in [6.07, 6.45) is 0. The Morgan fingerprint density at radius 3 is 2.50 bits per heavy atom. The molecule has 2 aromatic carbocycles. The van der Waals surface area contributed by atoms with Gasteiger partial charge in [-0.2, -0.15) is 16.8 Å². The number of carbonyl (C=O) groups is 1. The first-order valence-electron chi connectivity index (χ1n) is 10.6. The van der Waals surface area contributed by atoms with Gasteiger partial charge in [0.1, 0.15) is 0 Å². The van der Waals surface area contributed by atoms with E-state index in [9.17, 15) is 4.79 Å². The highest BCUT2D eigenvalue weighted by Crippen LogP contribution is 2.26. The molecule has 1 aliphatic rings. The van der Waals surface area contributed by atoms with Crippen LogP contribution in [0.1, 0.15) is 40.2 Å². The predicted octanol–water partition coefficient (Wildman–Crippen LogP) is 4.05. The fourth-order valence-electron chi connectivity index (χ4n) is 3.60. The number of benzene rings is 2. The van der Waals surface area contributed by atoms with Crippen LogP contribution in [0.5, 0.6) is 0 Å². The van der Waals surface area contributed by atoms with Gasteiger partial charge in [-0.05, 0) is 18.6 Å². The highest BCUT2D eigenvalue weighted by Gasteiger charge is 2.21. The lowest BCUT2D eigenvalue weighted by Crippen LogP contribution is -2.44. The summed E-state index contributed by atoms with van der Waals surface area (Å²) in [5.74, 6) is 3.28. The van der Waals surface area contributed by atoms with E-state index in [1.165, 1.54) is 0 Å². The van der Waals surface area contributed by atoms with Crippen LogP contribution in [0, 0.1) is 0 Å². The van der Waals surface area contributed by atoms with E-state index in [1.54, 1.807) is 0 Å². The number of nitrogens with zero attached hydrogens (tertiary/aromatic N) is 5. The Morgan fingerprint density at radius 2 is 1.78 bits per heavy atom. The molecule has 1 unspecified atom stereocenters. The van der Waals surface area contributed by atoms with E-state index in [2.05, 4.69) is 20.1 Å². The Morgan fingerprint density at radius 1 is 1.06 bits per heavy atom. The van der Waals surface area contributed by atoms with Gasteiger partial charge in [0.2, 0.25) is 11.9 Å². The lowest BCUT2D eigenvalue weighted by atomic mass is 9.96. The largest absolute Gasteiger partial charge is 0.406 e. The lowest BCUT2D eigenvalue weighted by molar-refractivity contribution is 0.103. The summed E-state index contributed by atoms with van der Waals surface area (Å²) in [5, 5.41) is 8.39. The van der Waals surface area contributed by atoms with Crippen molar-refractivity contribution in [2.45, 2.75) is 12.8 Å². The third-order valence-corrected chi connectivity index (χ3v) is 6.32. The van der Waals surface area contributed by atoms with E-state index in [0.717, 1.165) is 36.1 Å². The van der Waals surface area contributed by atoms with E-state index < -0.39 is 0 Å². The van der Waals surface area contributed by atoms with Gasteiger partial charge in [-0.3, -0.25) is 4.79 Å². The molecule has 3 aromatic rings. The Labute approximate surface area is 192 Å². The second-order valence-corrected chi connectivity index (χ2v) is 9.10. The molecule has 0 amide bonds. The molecule has 0 bridgehead atoms. The van der Waals surface area contributed by atoms with Gasteiger partial charge in [0.05, 0.1) is 5.92 Å². The van der Waals surface area contributed by atoms with E-state index in [4.69, 9.17) is 4.42 Å². The van der Waals surface area contributed by atoms with Crippen LogP contribution in [0.2, 0.25) is 0 Å². The second-order valence-electron chi connectivity index (χ2n) is 7.87. The molecule has 32 heavy (non-hydrogen) atoms. The van der Waals surface area contributed by atoms with Crippen molar-refractivity contribution >= 4 is 29.5 Å². The molecule has 1 aliphatic heterocycles. The minimum absolute atomic E-state index is 0.00853. The van der Waals surface area contributed by atoms with Crippen LogP contribution in [-0.2, 0) is 0 Å². The molecule has 0 saturated carbocycles. The highest BCUT2D eigenvalue weighted by molar-refractivity contribution is 7.99. The normalized spacial score (nSPS) is 15.5. The first-order valence-corrected chi connectivity index (χ1v) is 11.8. The molecule has 1 saturated heterocycles. The van der Waals surface area contributed by atoms with Crippen LogP contribution in [0.3, 0.4) is 0 Å². The summed E-state index contributed by atoms with van der Waals surface area (Å²) < 4.78 is 5.90. The van der Waals surface area contributed by atoms with Gasteiger partial charge in [-0.1, -0.05) is 53.6 Å². The molecule has 1 fully saturated rings. The van der Waals surface area contributed by atoms with Gasteiger partial charge in [0, 0.05) is 49.8 Å². The molecule has 0 aliphatic carbocycles. The number of aromatic nitrogens is 2. The number of thioether (sulfide) groups is 1. The van der Waals surface area contributed by atoms with Crippen LogP contribution < -0.4 is 0 Å². The van der Waals surface area contributed by atoms with Crippen LogP contribution in [0.15, 0.2) is 64.0 Å². The first-order chi connectivity index (χ1) is 15.5. The molecule has 2 heterocycles. The van der Waals surface area contributed by atoms with Crippen molar-refractivity contribution in [1.29, 1.82) is 0 Å². The van der Waals surface area contributed by atoms with Gasteiger partial charge >= 0.3 is 6.01 Å². The average Bonchev–Trinajstić information content (AvgIpc) is 3.31. The zero-order chi connectivity index (χ0) is 22.5. The Balaban J connectivity index is 1.55. The Kier molecular flexibility index (Phi) is 6.90. The SMILES string of the molecule is CC(c1cccc(C(=O)c2ccccc2)c1)c1nnc(/N=C(\N(C)C)N2CCSCC2)o1. The number of hydrogen-bond acceptors (Lipinski definition) is 6. The van der Waals surface area contributed by atoms with Crippen molar-refractivity contribution < 1.29 is 9.21 Å². The lowest BCUT2D eigenvalue weighted by Gasteiger charge is -2.32. The first kappa shape index (κ1) is 22.1. The monoisotopic (exact) mass is 449 g/mol. The maximum absolute atomic E-state index is 12.8. The molecule has 0 spiro atoms. The zero-order valence-electron chi connectivity index (χ0n) is 18.6. The molecule has 1 aromatic heterocycles. The summed E-state index contributed by atoms with van der Waals surface area (Å²) in [6, 6.07) is 17.1. The Bertz CT molecular complexity index is 1090. The number of guanidine groups is 1. The minimum atomic E-state index is -0.163. The maximum Gasteiger partial charge on any atom is 0.345 e. The van der Waals surface area contributed by atoms with E-state index >= 15 is 0 Å². The molecule has 7 nitrogen and oxygen atoms in total. The quantitative estimate of drug-likeness (QED) is 0.330. The molecule has 1 atom stereocenters. The average molecular weight is 450 g/mol. The minimum Gasteiger partial charge on any atom is -0.406 e. The summed E-state index contributed by atoms with van der Waals surface area (Å²) in [7, 11) is 3.94. The second kappa shape index (κ2) is 9.99. The summed E-state index contributed by atoms with van der Waals surface area (Å²) in [6.45, 7) is 3.88. The van der Waals surface area contributed by atoms with Crippen LogP contribution in [0.4, 0.5) is 6.01 Å². The standard InChI is InChI=1S/C24H27N5O2S/c1-17(19-10-7-11-20(16-19)21(30)18-8-5-4-6-9-18)22-26-27-23(31-22)25-24(28(2)3)29-12-14-32-15-13-29/h4-11,16-17H,12-15H2,1-3H3/b25-24+. The van der Waals surface area contributed by atoms with Crippen molar-refractivity contribution in [2.75, 3.05) is 38.7 Å². The number of ketones is 1. The van der Waals surface area contributed by atoms with Crippen molar-refractivity contribution in [2.24, 2.45) is 4.99 Å². The van der Waals surface area contributed by atoms with Crippen molar-refractivity contribution in [3.05, 3.63) is 77.2 Å². The molecule has 0 N–H and O–H groups in total. The van der Waals surface area contributed by atoms with Crippen molar-refractivity contribution in [3.8, 4) is 0 Å². The van der Waals surface area contributed by atoms with Gasteiger partial charge in [0.15, 0.2) is 5.78 Å². The number of aliphatic imine (C=N–C) groups is 1. The topological polar surface area (TPSA) is 74.8 Å². The summed E-state index contributed by atoms with van der Waals surface area (Å²) in [5.41, 5.74) is 2.24. The fourth-order valence-corrected chi connectivity index (χ4v) is 4.50. The number of rotatable bonds is 5. The van der Waals surface area contributed by atoms with Gasteiger partial charge in [-0.15, -0.1) is 5.10 Å². The molecule has 4 rings (SSSR count). The number of hydrogen-bond donors (Lipinski definition) is 0. The predicted molar refractivity (Wildman–Crippen MR) is 128 cm³/mol. The van der Waals surface area contributed by atoms with Crippen molar-refractivity contribution in [1.82, 2.24) is 20.0 Å². The van der Waals surface area contributed by atoms with Crippen LogP contribution in [-0.4, -0.2) is 70.4 Å². The molecule has 8 heteroatoms. The van der Waals surface area contributed by atoms with E-state index in [1.807, 2.05) is 92.3 Å². The molecular weight excluding hydrogens is 422 g/mol. The van der Waals surface area contributed by atoms with Crippen molar-refractivity contribution in [3.63, 3.8) is 0 Å². The van der Waals surface area contributed by atoms with Gasteiger partial charge < -0.3 is 14.2 Å². The van der Waals surface area contributed by atoms with Gasteiger partial charge in [-0.25, -0.2) is 0 Å². The van der Waals surface area contributed by atoms with E-state index in [0.29, 0.717) is 17.0 Å². The number of carbonyl (C=O) groups excluding carboxylic acids is 1. The third kappa shape index (κ3) is 5.02. The molecular formula is C24H27N5O2S. The van der Waals surface area contributed by atoms with Crippen LogP contribution in [0.25, 0.3) is 0 Å². The third-order valence-electron chi connectivity index (χ3n) is 5.37. The zero-order valence-corrected chi connectivity index (χ0v) is 19.4. The highest BCUT2D eigenvalue weighted by atomic mass is 32.2. The fraction of sp³-hybridized carbons (Fsp3) is 0.333. The molecule has 166 valence electrons. The summed E-state index contributed by atoms with van der Waals surface area (Å²) >= 11 is 1.95. The van der Waals surface area contributed by atoms with Gasteiger partial charge in [0.25, 0.3) is 0 Å². The Hall–Kier alpha value is -3.13. The molecule has 0 radical (unpaired) electrons. The maximum atomic E-state index is 12.8. The van der Waals surface area contributed by atoms with E-state index in [-0.39, 0.29) is 17.7 Å². The van der Waals surface area contributed by atoms with Crippen LogP contribution >= 0.6 is 11.8 Å². The summed E-state index contributed by atoms with van der Waals surface area (Å²) in [4.78, 5) is 21.7.